The van der Waals surface area contributed by atoms with Crippen molar-refractivity contribution in [1.29, 1.82) is 0 Å². The van der Waals surface area contributed by atoms with Crippen molar-refractivity contribution >= 4 is 22.6 Å². The lowest BCUT2D eigenvalue weighted by Crippen LogP contribution is -2.15. The Balaban J connectivity index is 1.86. The van der Waals surface area contributed by atoms with E-state index < -0.39 is 5.91 Å². The maximum Gasteiger partial charge on any atom is 0.291 e. The lowest BCUT2D eigenvalue weighted by molar-refractivity contribution is 0.0997. The standard InChI is InChI=1S/C20H19NO3/c1-20(2,3)13-8-10-14(11-9-13)21-19(23)18-12-16(22)15-6-4-5-7-17(15)24-18/h4-12H,1-3H3,(H,21,23). The Morgan fingerprint density at radius 3 is 2.33 bits per heavy atom. The Bertz CT molecular complexity index is 947. The first kappa shape index (κ1) is 16.0. The highest BCUT2D eigenvalue weighted by molar-refractivity contribution is 6.02. The predicted molar refractivity (Wildman–Crippen MR) is 95.6 cm³/mol. The molecule has 0 unspecified atom stereocenters. The minimum absolute atomic E-state index is 0.00130. The van der Waals surface area contributed by atoms with Gasteiger partial charge in [-0.3, -0.25) is 9.59 Å². The van der Waals surface area contributed by atoms with Gasteiger partial charge in [0.2, 0.25) is 0 Å². The van der Waals surface area contributed by atoms with Crippen molar-refractivity contribution in [1.82, 2.24) is 0 Å². The minimum atomic E-state index is -0.443. The molecule has 1 heterocycles. The van der Waals surface area contributed by atoms with Crippen LogP contribution in [0.3, 0.4) is 0 Å². The van der Waals surface area contributed by atoms with Crippen molar-refractivity contribution < 1.29 is 9.21 Å². The molecular formula is C20H19NO3. The summed E-state index contributed by atoms with van der Waals surface area (Å²) in [4.78, 5) is 24.4. The van der Waals surface area contributed by atoms with Gasteiger partial charge in [-0.15, -0.1) is 0 Å². The van der Waals surface area contributed by atoms with E-state index in [1.54, 1.807) is 24.3 Å². The summed E-state index contributed by atoms with van der Waals surface area (Å²) >= 11 is 0. The van der Waals surface area contributed by atoms with Crippen molar-refractivity contribution in [3.63, 3.8) is 0 Å². The van der Waals surface area contributed by atoms with Crippen LogP contribution in [0.5, 0.6) is 0 Å². The van der Waals surface area contributed by atoms with Crippen LogP contribution in [-0.4, -0.2) is 5.91 Å². The highest BCUT2D eigenvalue weighted by atomic mass is 16.3. The van der Waals surface area contributed by atoms with E-state index in [1.165, 1.54) is 11.6 Å². The van der Waals surface area contributed by atoms with Gasteiger partial charge in [0.1, 0.15) is 5.58 Å². The fraction of sp³-hybridized carbons (Fsp3) is 0.200. The number of anilines is 1. The fourth-order valence-electron chi connectivity index (χ4n) is 2.46. The molecule has 0 saturated heterocycles. The predicted octanol–water partition coefficient (Wildman–Crippen LogP) is 4.34. The molecule has 3 aromatic rings. The summed E-state index contributed by atoms with van der Waals surface area (Å²) in [6.45, 7) is 6.39. The Labute approximate surface area is 140 Å². The van der Waals surface area contributed by atoms with Crippen LogP contribution in [0, 0.1) is 0 Å². The third kappa shape index (κ3) is 3.23. The Morgan fingerprint density at radius 1 is 1.00 bits per heavy atom. The lowest BCUT2D eigenvalue weighted by Gasteiger charge is -2.19. The molecule has 1 N–H and O–H groups in total. The summed E-state index contributed by atoms with van der Waals surface area (Å²) in [6.07, 6.45) is 0. The van der Waals surface area contributed by atoms with Crippen molar-refractivity contribution in [2.75, 3.05) is 5.32 Å². The van der Waals surface area contributed by atoms with Gasteiger partial charge in [-0.05, 0) is 35.2 Å². The SMILES string of the molecule is CC(C)(C)c1ccc(NC(=O)c2cc(=O)c3ccccc3o2)cc1. The van der Waals surface area contributed by atoms with Crippen LogP contribution >= 0.6 is 0 Å². The molecule has 0 bridgehead atoms. The number of fused-ring (bicyclic) bond motifs is 1. The van der Waals surface area contributed by atoms with Crippen LogP contribution in [-0.2, 0) is 5.41 Å². The first-order chi connectivity index (χ1) is 11.3. The van der Waals surface area contributed by atoms with Crippen molar-refractivity contribution in [3.05, 3.63) is 76.1 Å². The van der Waals surface area contributed by atoms with Gasteiger partial charge in [-0.1, -0.05) is 45.0 Å². The van der Waals surface area contributed by atoms with E-state index in [9.17, 15) is 9.59 Å². The molecule has 1 aromatic heterocycles. The second-order valence-corrected chi connectivity index (χ2v) is 6.75. The maximum atomic E-state index is 12.3. The number of carbonyl (C=O) groups is 1. The number of carbonyl (C=O) groups excluding carboxylic acids is 1. The van der Waals surface area contributed by atoms with Crippen LogP contribution in [0.4, 0.5) is 5.69 Å². The van der Waals surface area contributed by atoms with Crippen LogP contribution in [0.2, 0.25) is 0 Å². The van der Waals surface area contributed by atoms with Crippen molar-refractivity contribution in [2.45, 2.75) is 26.2 Å². The van der Waals surface area contributed by atoms with Crippen LogP contribution in [0.1, 0.15) is 36.9 Å². The molecule has 4 nitrogen and oxygen atoms in total. The molecule has 3 rings (SSSR count). The van der Waals surface area contributed by atoms with Gasteiger partial charge in [0.05, 0.1) is 5.39 Å². The normalized spacial score (nSPS) is 11.5. The molecule has 0 aliphatic rings. The zero-order chi connectivity index (χ0) is 17.3. The number of nitrogens with one attached hydrogen (secondary N) is 1. The van der Waals surface area contributed by atoms with E-state index in [4.69, 9.17) is 4.42 Å². The molecule has 1 amide bonds. The molecule has 24 heavy (non-hydrogen) atoms. The van der Waals surface area contributed by atoms with Gasteiger partial charge in [-0.25, -0.2) is 0 Å². The summed E-state index contributed by atoms with van der Waals surface area (Å²) in [5.41, 5.74) is 2.05. The lowest BCUT2D eigenvalue weighted by atomic mass is 9.87. The molecular weight excluding hydrogens is 302 g/mol. The highest BCUT2D eigenvalue weighted by Gasteiger charge is 2.15. The van der Waals surface area contributed by atoms with Crippen LogP contribution in [0.25, 0.3) is 11.0 Å². The van der Waals surface area contributed by atoms with Gasteiger partial charge in [0.15, 0.2) is 11.2 Å². The van der Waals surface area contributed by atoms with E-state index in [0.29, 0.717) is 16.7 Å². The van der Waals surface area contributed by atoms with Crippen molar-refractivity contribution in [3.8, 4) is 0 Å². The zero-order valence-electron chi connectivity index (χ0n) is 13.9. The zero-order valence-corrected chi connectivity index (χ0v) is 13.9. The molecule has 0 fully saturated rings. The van der Waals surface area contributed by atoms with Crippen molar-refractivity contribution in [2.24, 2.45) is 0 Å². The van der Waals surface area contributed by atoms with Gasteiger partial charge < -0.3 is 9.73 Å². The molecule has 0 saturated carbocycles. The molecule has 122 valence electrons. The Kier molecular flexibility index (Phi) is 3.97. The van der Waals surface area contributed by atoms with E-state index in [0.717, 1.165) is 0 Å². The van der Waals surface area contributed by atoms with E-state index in [2.05, 4.69) is 26.1 Å². The largest absolute Gasteiger partial charge is 0.451 e. The third-order valence-electron chi connectivity index (χ3n) is 3.87. The summed E-state index contributed by atoms with van der Waals surface area (Å²) in [5.74, 6) is -0.444. The summed E-state index contributed by atoms with van der Waals surface area (Å²) in [5, 5.41) is 3.22. The number of amides is 1. The molecule has 2 aromatic carbocycles. The Morgan fingerprint density at radius 2 is 1.67 bits per heavy atom. The third-order valence-corrected chi connectivity index (χ3v) is 3.87. The van der Waals surface area contributed by atoms with E-state index >= 15 is 0 Å². The smallest absolute Gasteiger partial charge is 0.291 e. The number of para-hydroxylation sites is 1. The van der Waals surface area contributed by atoms with E-state index in [1.807, 2.05) is 24.3 Å². The minimum Gasteiger partial charge on any atom is -0.451 e. The maximum absolute atomic E-state index is 12.3. The number of benzene rings is 2. The first-order valence-electron chi connectivity index (χ1n) is 7.79. The fourth-order valence-corrected chi connectivity index (χ4v) is 2.46. The number of hydrogen-bond acceptors (Lipinski definition) is 3. The molecule has 0 radical (unpaired) electrons. The number of rotatable bonds is 2. The van der Waals surface area contributed by atoms with Crippen LogP contribution in [0.15, 0.2) is 63.8 Å². The second kappa shape index (κ2) is 5.96. The van der Waals surface area contributed by atoms with E-state index in [-0.39, 0.29) is 16.6 Å². The topological polar surface area (TPSA) is 59.3 Å². The summed E-state index contributed by atoms with van der Waals surface area (Å²) < 4.78 is 5.54. The average molecular weight is 321 g/mol. The summed E-state index contributed by atoms with van der Waals surface area (Å²) in [6, 6.07) is 15.7. The van der Waals surface area contributed by atoms with Crippen LogP contribution < -0.4 is 10.7 Å². The summed E-state index contributed by atoms with van der Waals surface area (Å²) in [7, 11) is 0. The highest BCUT2D eigenvalue weighted by Crippen LogP contribution is 2.23. The number of hydrogen-bond donors (Lipinski definition) is 1. The molecule has 4 heteroatoms. The molecule has 0 spiro atoms. The molecule has 0 atom stereocenters. The Hall–Kier alpha value is -2.88. The van der Waals surface area contributed by atoms with Gasteiger partial charge >= 0.3 is 0 Å². The van der Waals surface area contributed by atoms with Gasteiger partial charge in [0, 0.05) is 11.8 Å². The average Bonchev–Trinajstić information content (AvgIpc) is 2.54. The monoisotopic (exact) mass is 321 g/mol. The molecule has 0 aliphatic heterocycles. The van der Waals surface area contributed by atoms with Gasteiger partial charge in [-0.2, -0.15) is 0 Å². The second-order valence-electron chi connectivity index (χ2n) is 6.75. The first-order valence-corrected chi connectivity index (χ1v) is 7.79. The van der Waals surface area contributed by atoms with Gasteiger partial charge in [0.25, 0.3) is 5.91 Å². The molecule has 0 aliphatic carbocycles. The quantitative estimate of drug-likeness (QED) is 0.763.